The van der Waals surface area contributed by atoms with Crippen LogP contribution in [0, 0.1) is 0 Å². The van der Waals surface area contributed by atoms with Crippen LogP contribution in [0.2, 0.25) is 25.2 Å². The Morgan fingerprint density at radius 2 is 2.00 bits per heavy atom. The predicted octanol–water partition coefficient (Wildman–Crippen LogP) is 5.56. The van der Waals surface area contributed by atoms with E-state index in [2.05, 4.69) is 54.0 Å². The third-order valence-electron chi connectivity index (χ3n) is 3.62. The van der Waals surface area contributed by atoms with Crippen molar-refractivity contribution in [3.63, 3.8) is 0 Å². The van der Waals surface area contributed by atoms with E-state index >= 15 is 0 Å². The van der Waals surface area contributed by atoms with E-state index in [-0.39, 0.29) is 0 Å². The lowest BCUT2D eigenvalue weighted by atomic mass is 10.2. The SMILES string of the molecule is C[Si](C)(C)[C@H](/C=C/CCN=[N+]=[N-])CCOCc1ccccc1. The smallest absolute Gasteiger partial charge is 0.0716 e. The van der Waals surface area contributed by atoms with Crippen LogP contribution < -0.4 is 0 Å². The van der Waals surface area contributed by atoms with Gasteiger partial charge < -0.3 is 4.74 Å². The van der Waals surface area contributed by atoms with Crippen LogP contribution in [0.4, 0.5) is 0 Å². The zero-order valence-corrected chi connectivity index (χ0v) is 14.9. The molecular weight excluding hydrogens is 290 g/mol. The minimum absolute atomic E-state index is 0.538. The van der Waals surface area contributed by atoms with E-state index in [0.717, 1.165) is 19.4 Å². The van der Waals surface area contributed by atoms with E-state index in [9.17, 15) is 0 Å². The first-order valence-corrected chi connectivity index (χ1v) is 11.4. The average Bonchev–Trinajstić information content (AvgIpc) is 2.49. The van der Waals surface area contributed by atoms with Crippen LogP contribution in [-0.2, 0) is 11.3 Å². The van der Waals surface area contributed by atoms with Crippen LogP contribution in [-0.4, -0.2) is 21.2 Å². The van der Waals surface area contributed by atoms with Gasteiger partial charge in [0.15, 0.2) is 0 Å². The molecule has 22 heavy (non-hydrogen) atoms. The monoisotopic (exact) mass is 317 g/mol. The van der Waals surface area contributed by atoms with E-state index in [1.807, 2.05) is 18.2 Å². The Labute approximate surface area is 134 Å². The molecule has 0 amide bonds. The van der Waals surface area contributed by atoms with Gasteiger partial charge in [-0.3, -0.25) is 0 Å². The molecule has 0 aromatic heterocycles. The minimum Gasteiger partial charge on any atom is -0.377 e. The van der Waals surface area contributed by atoms with Gasteiger partial charge in [0.1, 0.15) is 0 Å². The summed E-state index contributed by atoms with van der Waals surface area (Å²) in [5.41, 5.74) is 10.1. The number of azide groups is 1. The molecule has 4 nitrogen and oxygen atoms in total. The summed E-state index contributed by atoms with van der Waals surface area (Å²) < 4.78 is 5.81. The Hall–Kier alpha value is -1.55. The van der Waals surface area contributed by atoms with Crippen LogP contribution in [0.1, 0.15) is 18.4 Å². The molecule has 0 aliphatic rings. The summed E-state index contributed by atoms with van der Waals surface area (Å²) in [6.07, 6.45) is 6.32. The standard InChI is InChI=1S/C17H27N3OSi/c1-22(2,3)17(11-7-8-13-19-20-18)12-14-21-15-16-9-5-4-6-10-16/h4-7,9-11,17H,8,12-15H2,1-3H3/b11-7+/t17-/m1/s1. The van der Waals surface area contributed by atoms with Crippen LogP contribution in [0.5, 0.6) is 0 Å². The quantitative estimate of drug-likeness (QED) is 0.139. The van der Waals surface area contributed by atoms with Gasteiger partial charge in [0.25, 0.3) is 0 Å². The van der Waals surface area contributed by atoms with Gasteiger partial charge in [0, 0.05) is 18.1 Å². The molecule has 0 bridgehead atoms. The fraction of sp³-hybridized carbons (Fsp3) is 0.529. The van der Waals surface area contributed by atoms with Crippen molar-refractivity contribution in [2.45, 2.75) is 44.6 Å². The summed E-state index contributed by atoms with van der Waals surface area (Å²) in [4.78, 5) is 2.77. The topological polar surface area (TPSA) is 58.0 Å². The Balaban J connectivity index is 2.37. The maximum Gasteiger partial charge on any atom is 0.0716 e. The molecule has 1 aromatic carbocycles. The zero-order valence-electron chi connectivity index (χ0n) is 13.9. The summed E-state index contributed by atoms with van der Waals surface area (Å²) in [5, 5.41) is 3.56. The number of hydrogen-bond acceptors (Lipinski definition) is 2. The highest BCUT2D eigenvalue weighted by molar-refractivity contribution is 6.78. The summed E-state index contributed by atoms with van der Waals surface area (Å²) in [5.74, 6) is 0. The molecule has 120 valence electrons. The number of rotatable bonds is 10. The maximum absolute atomic E-state index is 8.27. The van der Waals surface area contributed by atoms with Gasteiger partial charge in [-0.25, -0.2) is 0 Å². The van der Waals surface area contributed by atoms with Crippen molar-refractivity contribution in [1.29, 1.82) is 0 Å². The van der Waals surface area contributed by atoms with Crippen molar-refractivity contribution < 1.29 is 4.74 Å². The molecule has 5 heteroatoms. The lowest BCUT2D eigenvalue weighted by Crippen LogP contribution is -2.27. The Morgan fingerprint density at radius 3 is 2.64 bits per heavy atom. The van der Waals surface area contributed by atoms with Gasteiger partial charge in [0.2, 0.25) is 0 Å². The highest BCUT2D eigenvalue weighted by Crippen LogP contribution is 2.27. The van der Waals surface area contributed by atoms with Crippen LogP contribution in [0.3, 0.4) is 0 Å². The molecule has 0 fully saturated rings. The highest BCUT2D eigenvalue weighted by atomic mass is 28.3. The Bertz CT molecular complexity index is 490. The second-order valence-electron chi connectivity index (χ2n) is 6.47. The number of benzene rings is 1. The van der Waals surface area contributed by atoms with E-state index in [1.165, 1.54) is 5.56 Å². The normalized spacial score (nSPS) is 13.0. The zero-order chi connectivity index (χ0) is 16.3. The maximum atomic E-state index is 8.27. The van der Waals surface area contributed by atoms with Gasteiger partial charge in [-0.15, -0.1) is 0 Å². The van der Waals surface area contributed by atoms with Crippen molar-refractivity contribution in [3.05, 3.63) is 58.5 Å². The van der Waals surface area contributed by atoms with Gasteiger partial charge in [-0.2, -0.15) is 0 Å². The second kappa shape index (κ2) is 10.2. The third-order valence-corrected chi connectivity index (χ3v) is 6.33. The third kappa shape index (κ3) is 8.03. The van der Waals surface area contributed by atoms with Crippen LogP contribution >= 0.6 is 0 Å². The molecule has 0 radical (unpaired) electrons. The predicted molar refractivity (Wildman–Crippen MR) is 95.6 cm³/mol. The van der Waals surface area contributed by atoms with Crippen molar-refractivity contribution in [2.75, 3.05) is 13.2 Å². The lowest BCUT2D eigenvalue weighted by Gasteiger charge is -2.26. The highest BCUT2D eigenvalue weighted by Gasteiger charge is 2.23. The molecule has 0 unspecified atom stereocenters. The molecular formula is C17H27N3OSi. The summed E-state index contributed by atoms with van der Waals surface area (Å²) >= 11 is 0. The first-order valence-electron chi connectivity index (χ1n) is 7.83. The fourth-order valence-electron chi connectivity index (χ4n) is 2.23. The molecule has 0 aliphatic heterocycles. The van der Waals surface area contributed by atoms with Crippen molar-refractivity contribution in [2.24, 2.45) is 5.11 Å². The largest absolute Gasteiger partial charge is 0.377 e. The molecule has 0 saturated heterocycles. The Kier molecular flexibility index (Phi) is 8.59. The van der Waals surface area contributed by atoms with Crippen molar-refractivity contribution in [3.8, 4) is 0 Å². The van der Waals surface area contributed by atoms with Gasteiger partial charge >= 0.3 is 0 Å². The molecule has 1 atom stereocenters. The molecule has 0 saturated carbocycles. The molecule has 0 spiro atoms. The number of nitrogens with zero attached hydrogens (tertiary/aromatic N) is 3. The van der Waals surface area contributed by atoms with E-state index in [4.69, 9.17) is 10.3 Å². The molecule has 0 N–H and O–H groups in total. The first-order chi connectivity index (χ1) is 10.5. The minimum atomic E-state index is -1.25. The van der Waals surface area contributed by atoms with Crippen molar-refractivity contribution >= 4 is 8.07 Å². The summed E-state index contributed by atoms with van der Waals surface area (Å²) in [7, 11) is -1.25. The van der Waals surface area contributed by atoms with E-state index in [1.54, 1.807) is 0 Å². The molecule has 0 heterocycles. The fourth-order valence-corrected chi connectivity index (χ4v) is 3.93. The second-order valence-corrected chi connectivity index (χ2v) is 11.9. The van der Waals surface area contributed by atoms with Crippen LogP contribution in [0.15, 0.2) is 47.6 Å². The van der Waals surface area contributed by atoms with E-state index in [0.29, 0.717) is 18.7 Å². The van der Waals surface area contributed by atoms with Gasteiger partial charge in [-0.1, -0.05) is 67.2 Å². The number of hydrogen-bond donors (Lipinski definition) is 0. The molecule has 0 aliphatic carbocycles. The van der Waals surface area contributed by atoms with E-state index < -0.39 is 8.07 Å². The lowest BCUT2D eigenvalue weighted by molar-refractivity contribution is 0.119. The molecule has 1 aromatic rings. The average molecular weight is 318 g/mol. The van der Waals surface area contributed by atoms with Crippen molar-refractivity contribution in [1.82, 2.24) is 0 Å². The first kappa shape index (κ1) is 18.5. The Morgan fingerprint density at radius 1 is 1.27 bits per heavy atom. The number of allylic oxidation sites excluding steroid dienone is 1. The van der Waals surface area contributed by atoms with Gasteiger partial charge in [0.05, 0.1) is 14.7 Å². The van der Waals surface area contributed by atoms with Gasteiger partial charge in [-0.05, 0) is 29.5 Å². The van der Waals surface area contributed by atoms with Crippen LogP contribution in [0.25, 0.3) is 10.4 Å². The summed E-state index contributed by atoms with van der Waals surface area (Å²) in [6.45, 7) is 9.15. The summed E-state index contributed by atoms with van der Waals surface area (Å²) in [6, 6.07) is 10.3. The molecule has 1 rings (SSSR count). The number of ether oxygens (including phenoxy) is 1.